The molecular weight excluding hydrogens is 202 g/mol. The van der Waals surface area contributed by atoms with Crippen molar-refractivity contribution in [3.8, 4) is 0 Å². The van der Waals surface area contributed by atoms with E-state index in [-0.39, 0.29) is 0 Å². The van der Waals surface area contributed by atoms with Gasteiger partial charge in [0.05, 0.1) is 17.6 Å². The van der Waals surface area contributed by atoms with Crippen LogP contribution >= 0.6 is 0 Å². The number of nitrogens with one attached hydrogen (secondary N) is 1. The first-order valence-corrected chi connectivity index (χ1v) is 5.92. The van der Waals surface area contributed by atoms with Crippen LogP contribution in [0.25, 0.3) is 0 Å². The van der Waals surface area contributed by atoms with Crippen molar-refractivity contribution in [3.05, 3.63) is 11.9 Å². The molecule has 2 aliphatic rings. The minimum absolute atomic E-state index is 0.404. The van der Waals surface area contributed by atoms with Crippen molar-refractivity contribution >= 4 is 11.6 Å². The Labute approximate surface area is 95.1 Å². The molecule has 1 aromatic heterocycles. The molecule has 0 bridgehead atoms. The van der Waals surface area contributed by atoms with E-state index in [1.807, 2.05) is 6.20 Å². The van der Waals surface area contributed by atoms with E-state index >= 15 is 0 Å². The Bertz CT molecular complexity index is 382. The van der Waals surface area contributed by atoms with Crippen molar-refractivity contribution in [2.45, 2.75) is 18.8 Å². The van der Waals surface area contributed by atoms with Gasteiger partial charge in [0.15, 0.2) is 0 Å². The predicted octanol–water partition coefficient (Wildman–Crippen LogP) is 0.346. The first-order chi connectivity index (χ1) is 7.84. The second kappa shape index (κ2) is 3.90. The molecule has 5 nitrogen and oxygen atoms in total. The minimum atomic E-state index is 0.404. The number of hydrogen-bond acceptors (Lipinski definition) is 5. The Kier molecular flexibility index (Phi) is 2.40. The molecule has 0 atom stereocenters. The van der Waals surface area contributed by atoms with Gasteiger partial charge in [0.25, 0.3) is 0 Å². The highest BCUT2D eigenvalue weighted by Crippen LogP contribution is 2.43. The number of rotatable bonds is 2. The maximum absolute atomic E-state index is 5.67. The van der Waals surface area contributed by atoms with E-state index < -0.39 is 0 Å². The molecule has 2 fully saturated rings. The summed E-state index contributed by atoms with van der Waals surface area (Å²) in [4.78, 5) is 10.9. The molecule has 0 spiro atoms. The molecule has 0 radical (unpaired) electrons. The molecule has 0 aromatic carbocycles. The highest BCUT2D eigenvalue weighted by atomic mass is 15.2. The number of nitrogens with two attached hydrogens (primary N) is 1. The van der Waals surface area contributed by atoms with Crippen molar-refractivity contribution in [3.63, 3.8) is 0 Å². The van der Waals surface area contributed by atoms with Gasteiger partial charge in [-0.15, -0.1) is 0 Å². The summed E-state index contributed by atoms with van der Waals surface area (Å²) in [6, 6.07) is 0. The van der Waals surface area contributed by atoms with Gasteiger partial charge in [0.1, 0.15) is 0 Å². The lowest BCUT2D eigenvalue weighted by Crippen LogP contribution is -2.44. The van der Waals surface area contributed by atoms with Crippen LogP contribution < -0.4 is 16.0 Å². The average Bonchev–Trinajstić information content (AvgIpc) is 3.14. The fourth-order valence-electron chi connectivity index (χ4n) is 2.21. The number of aromatic nitrogens is 2. The number of nitrogen functional groups attached to an aromatic ring is 1. The molecular formula is C11H17N5. The second-order valence-electron chi connectivity index (χ2n) is 4.51. The number of nitrogens with zero attached hydrogens (tertiary/aromatic N) is 3. The van der Waals surface area contributed by atoms with Crippen LogP contribution in [0.15, 0.2) is 6.20 Å². The van der Waals surface area contributed by atoms with Gasteiger partial charge in [-0.25, -0.2) is 9.97 Å². The topological polar surface area (TPSA) is 67.1 Å². The molecule has 1 saturated heterocycles. The largest absolute Gasteiger partial charge is 0.368 e. The molecule has 1 aliphatic heterocycles. The summed E-state index contributed by atoms with van der Waals surface area (Å²) in [6.07, 6.45) is 4.38. The highest BCUT2D eigenvalue weighted by molar-refractivity contribution is 5.53. The third-order valence-corrected chi connectivity index (χ3v) is 3.24. The van der Waals surface area contributed by atoms with Crippen molar-refractivity contribution < 1.29 is 0 Å². The summed E-state index contributed by atoms with van der Waals surface area (Å²) < 4.78 is 0. The fraction of sp³-hybridized carbons (Fsp3) is 0.636. The van der Waals surface area contributed by atoms with Gasteiger partial charge in [-0.05, 0) is 12.8 Å². The van der Waals surface area contributed by atoms with Gasteiger partial charge in [-0.2, -0.15) is 0 Å². The molecule has 3 N–H and O–H groups in total. The van der Waals surface area contributed by atoms with Gasteiger partial charge in [0.2, 0.25) is 5.95 Å². The molecule has 0 amide bonds. The third kappa shape index (κ3) is 1.82. The fourth-order valence-corrected chi connectivity index (χ4v) is 2.21. The Hall–Kier alpha value is -1.36. The van der Waals surface area contributed by atoms with Gasteiger partial charge < -0.3 is 16.0 Å². The maximum Gasteiger partial charge on any atom is 0.220 e. The van der Waals surface area contributed by atoms with Gasteiger partial charge in [0, 0.05) is 32.1 Å². The SMILES string of the molecule is Nc1ncc(N2CCNCC2)c(C2CC2)n1. The van der Waals surface area contributed by atoms with Crippen LogP contribution in [0.4, 0.5) is 11.6 Å². The zero-order chi connectivity index (χ0) is 11.0. The molecule has 1 saturated carbocycles. The van der Waals surface area contributed by atoms with E-state index in [1.54, 1.807) is 0 Å². The van der Waals surface area contributed by atoms with Crippen molar-refractivity contribution in [2.24, 2.45) is 0 Å². The van der Waals surface area contributed by atoms with E-state index in [0.29, 0.717) is 11.9 Å². The van der Waals surface area contributed by atoms with Crippen molar-refractivity contribution in [1.82, 2.24) is 15.3 Å². The second-order valence-corrected chi connectivity index (χ2v) is 4.51. The normalized spacial score (nSPS) is 21.1. The maximum atomic E-state index is 5.67. The van der Waals surface area contributed by atoms with Crippen LogP contribution in [0.3, 0.4) is 0 Å². The Morgan fingerprint density at radius 3 is 2.75 bits per heavy atom. The summed E-state index contributed by atoms with van der Waals surface area (Å²) in [5, 5.41) is 3.35. The van der Waals surface area contributed by atoms with Crippen LogP contribution in [0.5, 0.6) is 0 Å². The third-order valence-electron chi connectivity index (χ3n) is 3.24. The lowest BCUT2D eigenvalue weighted by atomic mass is 10.2. The summed E-state index contributed by atoms with van der Waals surface area (Å²) in [5.41, 5.74) is 8.02. The quantitative estimate of drug-likeness (QED) is 0.751. The highest BCUT2D eigenvalue weighted by Gasteiger charge is 2.30. The summed E-state index contributed by atoms with van der Waals surface area (Å²) in [7, 11) is 0. The monoisotopic (exact) mass is 219 g/mol. The molecule has 1 aromatic rings. The summed E-state index contributed by atoms with van der Waals surface area (Å²) in [5.74, 6) is 1.02. The zero-order valence-corrected chi connectivity index (χ0v) is 9.32. The van der Waals surface area contributed by atoms with Crippen molar-refractivity contribution in [1.29, 1.82) is 0 Å². The molecule has 86 valence electrons. The number of anilines is 2. The first kappa shape index (κ1) is 9.84. The molecule has 3 rings (SSSR count). The Morgan fingerprint density at radius 1 is 1.31 bits per heavy atom. The lowest BCUT2D eigenvalue weighted by molar-refractivity contribution is 0.586. The van der Waals surface area contributed by atoms with Crippen LogP contribution in [-0.2, 0) is 0 Å². The molecule has 5 heteroatoms. The average molecular weight is 219 g/mol. The van der Waals surface area contributed by atoms with E-state index in [2.05, 4.69) is 20.2 Å². The van der Waals surface area contributed by atoms with Crippen LogP contribution in [0.2, 0.25) is 0 Å². The Morgan fingerprint density at radius 2 is 2.06 bits per heavy atom. The molecule has 2 heterocycles. The summed E-state index contributed by atoms with van der Waals surface area (Å²) >= 11 is 0. The van der Waals surface area contributed by atoms with Gasteiger partial charge in [-0.1, -0.05) is 0 Å². The first-order valence-electron chi connectivity index (χ1n) is 5.92. The van der Waals surface area contributed by atoms with Crippen molar-refractivity contribution in [2.75, 3.05) is 36.8 Å². The van der Waals surface area contributed by atoms with Crippen LogP contribution in [-0.4, -0.2) is 36.1 Å². The molecule has 1 aliphatic carbocycles. The van der Waals surface area contributed by atoms with Gasteiger partial charge in [-0.3, -0.25) is 0 Å². The minimum Gasteiger partial charge on any atom is -0.368 e. The van der Waals surface area contributed by atoms with E-state index in [4.69, 9.17) is 5.73 Å². The number of piperazine rings is 1. The van der Waals surface area contributed by atoms with Crippen LogP contribution in [0, 0.1) is 0 Å². The van der Waals surface area contributed by atoms with E-state index in [0.717, 1.165) is 31.9 Å². The Balaban J connectivity index is 1.91. The lowest BCUT2D eigenvalue weighted by Gasteiger charge is -2.30. The van der Waals surface area contributed by atoms with Gasteiger partial charge >= 0.3 is 0 Å². The standard InChI is InChI=1S/C11H17N5/c12-11-14-7-9(10(15-11)8-1-2-8)16-5-3-13-4-6-16/h7-8,13H,1-6H2,(H2,12,14,15). The molecule has 16 heavy (non-hydrogen) atoms. The molecule has 0 unspecified atom stereocenters. The van der Waals surface area contributed by atoms with Crippen LogP contribution in [0.1, 0.15) is 24.5 Å². The zero-order valence-electron chi connectivity index (χ0n) is 9.32. The smallest absolute Gasteiger partial charge is 0.220 e. The van der Waals surface area contributed by atoms with E-state index in [1.165, 1.54) is 18.5 Å². The predicted molar refractivity (Wildman–Crippen MR) is 63.5 cm³/mol. The summed E-state index contributed by atoms with van der Waals surface area (Å²) in [6.45, 7) is 4.14. The number of hydrogen-bond donors (Lipinski definition) is 2. The van der Waals surface area contributed by atoms with E-state index in [9.17, 15) is 0 Å².